The number of ether oxygens (including phenoxy) is 2. The number of phenolic OH excluding ortho intramolecular Hbond substituents is 2. The molecule has 0 saturated carbocycles. The zero-order valence-corrected chi connectivity index (χ0v) is 11.0. The molecule has 2 atom stereocenters. The van der Waals surface area contributed by atoms with E-state index in [1.54, 1.807) is 13.0 Å². The van der Waals surface area contributed by atoms with Crippen molar-refractivity contribution in [3.05, 3.63) is 23.8 Å². The normalized spacial score (nSPS) is 13.8. The number of carbonyl (C=O) groups is 1. The summed E-state index contributed by atoms with van der Waals surface area (Å²) in [5.74, 6) is -0.989. The minimum absolute atomic E-state index is 0.214. The van der Waals surface area contributed by atoms with Gasteiger partial charge in [-0.05, 0) is 31.0 Å². The van der Waals surface area contributed by atoms with Crippen molar-refractivity contribution in [2.24, 2.45) is 5.73 Å². The Hall–Kier alpha value is -1.79. The van der Waals surface area contributed by atoms with Crippen molar-refractivity contribution in [2.75, 3.05) is 13.7 Å². The van der Waals surface area contributed by atoms with Gasteiger partial charge in [-0.25, -0.2) is 0 Å². The Labute approximate surface area is 111 Å². The fraction of sp³-hybridized carbons (Fsp3) is 0.462. The first-order valence-corrected chi connectivity index (χ1v) is 5.90. The van der Waals surface area contributed by atoms with Crippen molar-refractivity contribution in [1.82, 2.24) is 0 Å². The van der Waals surface area contributed by atoms with Gasteiger partial charge in [0.25, 0.3) is 0 Å². The second-order valence-electron chi connectivity index (χ2n) is 4.34. The van der Waals surface area contributed by atoms with E-state index in [-0.39, 0.29) is 24.0 Å². The number of methoxy groups -OCH3 is 1. The fourth-order valence-corrected chi connectivity index (χ4v) is 1.59. The number of hydrogen-bond donors (Lipinski definition) is 3. The monoisotopic (exact) mass is 269 g/mol. The lowest BCUT2D eigenvalue weighted by molar-refractivity contribution is -0.152. The van der Waals surface area contributed by atoms with E-state index < -0.39 is 12.0 Å². The van der Waals surface area contributed by atoms with E-state index in [9.17, 15) is 15.0 Å². The lowest BCUT2D eigenvalue weighted by Crippen LogP contribution is -2.37. The Morgan fingerprint density at radius 2 is 2.05 bits per heavy atom. The molecular formula is C13H19NO5. The summed E-state index contributed by atoms with van der Waals surface area (Å²) in [7, 11) is 1.52. The van der Waals surface area contributed by atoms with Crippen LogP contribution in [0.3, 0.4) is 0 Å². The Bertz CT molecular complexity index is 435. The molecule has 1 aromatic rings. The number of carbonyl (C=O) groups excluding carboxylic acids is 1. The summed E-state index contributed by atoms with van der Waals surface area (Å²) in [4.78, 5) is 11.7. The van der Waals surface area contributed by atoms with Crippen LogP contribution >= 0.6 is 0 Å². The predicted octanol–water partition coefficient (Wildman–Crippen LogP) is 0.546. The van der Waals surface area contributed by atoms with Gasteiger partial charge in [-0.15, -0.1) is 0 Å². The Morgan fingerprint density at radius 1 is 1.37 bits per heavy atom. The van der Waals surface area contributed by atoms with Crippen molar-refractivity contribution < 1.29 is 24.5 Å². The smallest absolute Gasteiger partial charge is 0.323 e. The first-order valence-electron chi connectivity index (χ1n) is 5.90. The Morgan fingerprint density at radius 3 is 2.63 bits per heavy atom. The van der Waals surface area contributed by atoms with Crippen LogP contribution in [0.25, 0.3) is 0 Å². The molecule has 1 rings (SSSR count). The minimum Gasteiger partial charge on any atom is -0.504 e. The maximum atomic E-state index is 11.7. The number of rotatable bonds is 6. The van der Waals surface area contributed by atoms with Gasteiger partial charge in [-0.1, -0.05) is 6.07 Å². The molecule has 19 heavy (non-hydrogen) atoms. The van der Waals surface area contributed by atoms with Gasteiger partial charge < -0.3 is 25.4 Å². The average molecular weight is 269 g/mol. The minimum atomic E-state index is -0.830. The van der Waals surface area contributed by atoms with Gasteiger partial charge >= 0.3 is 5.97 Å². The summed E-state index contributed by atoms with van der Waals surface area (Å²) in [5, 5.41) is 18.5. The van der Waals surface area contributed by atoms with Crippen LogP contribution in [0, 0.1) is 0 Å². The fourth-order valence-electron chi connectivity index (χ4n) is 1.59. The third-order valence-electron chi connectivity index (χ3n) is 2.52. The average Bonchev–Trinajstić information content (AvgIpc) is 2.34. The summed E-state index contributed by atoms with van der Waals surface area (Å²) in [6.45, 7) is 2.01. The second kappa shape index (κ2) is 6.96. The topological polar surface area (TPSA) is 102 Å². The van der Waals surface area contributed by atoms with Crippen molar-refractivity contribution in [3.63, 3.8) is 0 Å². The quantitative estimate of drug-likeness (QED) is 0.515. The van der Waals surface area contributed by atoms with E-state index in [2.05, 4.69) is 0 Å². The lowest BCUT2D eigenvalue weighted by atomic mass is 10.1. The third kappa shape index (κ3) is 4.76. The maximum Gasteiger partial charge on any atom is 0.323 e. The van der Waals surface area contributed by atoms with E-state index in [0.717, 1.165) is 0 Å². The molecule has 0 aliphatic rings. The summed E-state index contributed by atoms with van der Waals surface area (Å²) in [6, 6.07) is 3.46. The van der Waals surface area contributed by atoms with Crippen molar-refractivity contribution >= 4 is 5.97 Å². The van der Waals surface area contributed by atoms with Crippen LogP contribution in [0.2, 0.25) is 0 Å². The van der Waals surface area contributed by atoms with Crippen molar-refractivity contribution in [3.8, 4) is 11.5 Å². The molecule has 4 N–H and O–H groups in total. The van der Waals surface area contributed by atoms with E-state index in [1.165, 1.54) is 19.2 Å². The molecule has 0 amide bonds. The van der Waals surface area contributed by atoms with Gasteiger partial charge in [-0.3, -0.25) is 4.79 Å². The molecule has 6 heteroatoms. The molecule has 0 aliphatic heterocycles. The van der Waals surface area contributed by atoms with Gasteiger partial charge in [0.15, 0.2) is 11.5 Å². The van der Waals surface area contributed by atoms with Crippen LogP contribution in [-0.2, 0) is 20.7 Å². The van der Waals surface area contributed by atoms with Crippen LogP contribution in [0.4, 0.5) is 0 Å². The highest BCUT2D eigenvalue weighted by molar-refractivity contribution is 5.76. The van der Waals surface area contributed by atoms with Crippen molar-refractivity contribution in [1.29, 1.82) is 0 Å². The van der Waals surface area contributed by atoms with Crippen LogP contribution in [0.15, 0.2) is 18.2 Å². The standard InChI is InChI=1S/C13H19NO5/c1-8(7-18-2)19-13(17)10(14)5-9-3-4-11(15)12(16)6-9/h3-4,6,8,10,15-16H,5,7,14H2,1-2H3/t8-,10+/m0/s1. The highest BCUT2D eigenvalue weighted by atomic mass is 16.6. The molecule has 0 fully saturated rings. The van der Waals surface area contributed by atoms with Crippen LogP contribution in [0.1, 0.15) is 12.5 Å². The first-order chi connectivity index (χ1) is 8.93. The number of hydrogen-bond acceptors (Lipinski definition) is 6. The summed E-state index contributed by atoms with van der Waals surface area (Å²) >= 11 is 0. The molecule has 0 saturated heterocycles. The van der Waals surface area contributed by atoms with Gasteiger partial charge in [0.2, 0.25) is 0 Å². The molecule has 0 unspecified atom stereocenters. The van der Waals surface area contributed by atoms with Crippen molar-refractivity contribution in [2.45, 2.75) is 25.5 Å². The highest BCUT2D eigenvalue weighted by Crippen LogP contribution is 2.25. The number of esters is 1. The van der Waals surface area contributed by atoms with Gasteiger partial charge in [0.1, 0.15) is 12.1 Å². The largest absolute Gasteiger partial charge is 0.504 e. The van der Waals surface area contributed by atoms with E-state index in [0.29, 0.717) is 12.2 Å². The predicted molar refractivity (Wildman–Crippen MR) is 68.9 cm³/mol. The lowest BCUT2D eigenvalue weighted by Gasteiger charge is -2.16. The third-order valence-corrected chi connectivity index (χ3v) is 2.52. The van der Waals surface area contributed by atoms with Crippen LogP contribution < -0.4 is 5.73 Å². The van der Waals surface area contributed by atoms with Gasteiger partial charge in [-0.2, -0.15) is 0 Å². The number of phenols is 2. The molecular weight excluding hydrogens is 250 g/mol. The molecule has 6 nitrogen and oxygen atoms in total. The molecule has 0 radical (unpaired) electrons. The number of benzene rings is 1. The SMILES string of the molecule is COC[C@H](C)OC(=O)[C@H](N)Cc1ccc(O)c(O)c1. The zero-order chi connectivity index (χ0) is 14.4. The molecule has 106 valence electrons. The molecule has 0 aromatic heterocycles. The summed E-state index contributed by atoms with van der Waals surface area (Å²) in [6.07, 6.45) is -0.149. The van der Waals surface area contributed by atoms with Gasteiger partial charge in [0.05, 0.1) is 6.61 Å². The zero-order valence-electron chi connectivity index (χ0n) is 11.0. The summed E-state index contributed by atoms with van der Waals surface area (Å²) in [5.41, 5.74) is 6.36. The van der Waals surface area contributed by atoms with Crippen LogP contribution in [0.5, 0.6) is 11.5 Å². The second-order valence-corrected chi connectivity index (χ2v) is 4.34. The number of nitrogens with two attached hydrogens (primary N) is 1. The first kappa shape index (κ1) is 15.3. The maximum absolute atomic E-state index is 11.7. The van der Waals surface area contributed by atoms with E-state index in [4.69, 9.17) is 15.2 Å². The van der Waals surface area contributed by atoms with Gasteiger partial charge in [0, 0.05) is 7.11 Å². The molecule has 1 aromatic carbocycles. The molecule has 0 aliphatic carbocycles. The van der Waals surface area contributed by atoms with E-state index >= 15 is 0 Å². The highest BCUT2D eigenvalue weighted by Gasteiger charge is 2.18. The molecule has 0 heterocycles. The molecule has 0 bridgehead atoms. The van der Waals surface area contributed by atoms with Crippen LogP contribution in [-0.4, -0.2) is 42.0 Å². The Balaban J connectivity index is 2.56. The number of aromatic hydroxyl groups is 2. The van der Waals surface area contributed by atoms with E-state index in [1.807, 2.05) is 0 Å². The Kier molecular flexibility index (Phi) is 5.59. The summed E-state index contributed by atoms with van der Waals surface area (Å²) < 4.78 is 9.93. The molecule has 0 spiro atoms.